The first-order valence-corrected chi connectivity index (χ1v) is 10.4. The van der Waals surface area contributed by atoms with E-state index >= 15 is 0 Å². The van der Waals surface area contributed by atoms with Gasteiger partial charge in [0.15, 0.2) is 0 Å². The number of rotatable bonds is 4. The molecule has 6 nitrogen and oxygen atoms in total. The van der Waals surface area contributed by atoms with E-state index in [1.165, 1.54) is 0 Å². The number of piperidine rings is 1. The van der Waals surface area contributed by atoms with Gasteiger partial charge in [0.2, 0.25) is 5.91 Å². The highest BCUT2D eigenvalue weighted by atomic mass is 16.2. The molecule has 6 heteroatoms. The molecule has 3 heterocycles. The van der Waals surface area contributed by atoms with Crippen LogP contribution in [0.4, 0.5) is 0 Å². The third-order valence-electron chi connectivity index (χ3n) is 6.27. The fourth-order valence-corrected chi connectivity index (χ4v) is 4.70. The average Bonchev–Trinajstić information content (AvgIpc) is 3.11. The standard InChI is InChI=1S/C24H24N4O2/c25-23(29)20-6-3-5-17-14-28(24(30)22(17)20)19-10-12-27(13-11-19)15-18-9-8-16-4-1-2-7-21(16)26-18/h1-9,19H,10-15H2,(H2,25,29). The van der Waals surface area contributed by atoms with Crippen LogP contribution in [-0.4, -0.2) is 45.7 Å². The van der Waals surface area contributed by atoms with Crippen LogP contribution in [0.15, 0.2) is 54.6 Å². The van der Waals surface area contributed by atoms with E-state index in [4.69, 9.17) is 10.7 Å². The molecule has 2 amide bonds. The Morgan fingerprint density at radius 3 is 2.63 bits per heavy atom. The van der Waals surface area contributed by atoms with Gasteiger partial charge < -0.3 is 10.6 Å². The number of likely N-dealkylation sites (tertiary alicyclic amines) is 1. The number of nitrogens with two attached hydrogens (primary N) is 1. The van der Waals surface area contributed by atoms with E-state index in [2.05, 4.69) is 23.1 Å². The van der Waals surface area contributed by atoms with Gasteiger partial charge in [0.05, 0.1) is 22.3 Å². The second-order valence-electron chi connectivity index (χ2n) is 8.14. The van der Waals surface area contributed by atoms with Crippen LogP contribution >= 0.6 is 0 Å². The Labute approximate surface area is 175 Å². The van der Waals surface area contributed by atoms with Crippen LogP contribution in [-0.2, 0) is 13.1 Å². The highest BCUT2D eigenvalue weighted by molar-refractivity contribution is 6.09. The summed E-state index contributed by atoms with van der Waals surface area (Å²) >= 11 is 0. The number of primary amides is 1. The Balaban J connectivity index is 1.24. The van der Waals surface area contributed by atoms with Crippen LogP contribution < -0.4 is 5.73 Å². The van der Waals surface area contributed by atoms with Crippen LogP contribution in [0.5, 0.6) is 0 Å². The van der Waals surface area contributed by atoms with Gasteiger partial charge in [0, 0.05) is 37.6 Å². The number of aromatic nitrogens is 1. The first-order chi connectivity index (χ1) is 14.6. The summed E-state index contributed by atoms with van der Waals surface area (Å²) in [4.78, 5) is 33.8. The van der Waals surface area contributed by atoms with Gasteiger partial charge >= 0.3 is 0 Å². The second kappa shape index (κ2) is 7.54. The third-order valence-corrected chi connectivity index (χ3v) is 6.27. The van der Waals surface area contributed by atoms with E-state index in [1.807, 2.05) is 29.2 Å². The maximum atomic E-state index is 13.0. The molecular formula is C24H24N4O2. The molecule has 0 atom stereocenters. The van der Waals surface area contributed by atoms with Gasteiger partial charge in [-0.3, -0.25) is 19.5 Å². The van der Waals surface area contributed by atoms with Crippen molar-refractivity contribution in [2.75, 3.05) is 13.1 Å². The topological polar surface area (TPSA) is 79.5 Å². The van der Waals surface area contributed by atoms with Crippen molar-refractivity contribution in [3.8, 4) is 0 Å². The summed E-state index contributed by atoms with van der Waals surface area (Å²) in [6.07, 6.45) is 1.83. The van der Waals surface area contributed by atoms with Crippen molar-refractivity contribution in [2.24, 2.45) is 5.73 Å². The molecule has 152 valence electrons. The van der Waals surface area contributed by atoms with E-state index < -0.39 is 5.91 Å². The van der Waals surface area contributed by atoms with Crippen molar-refractivity contribution in [1.29, 1.82) is 0 Å². The largest absolute Gasteiger partial charge is 0.366 e. The average molecular weight is 400 g/mol. The van der Waals surface area contributed by atoms with E-state index in [1.54, 1.807) is 12.1 Å². The lowest BCUT2D eigenvalue weighted by molar-refractivity contribution is 0.0587. The minimum atomic E-state index is -0.542. The van der Waals surface area contributed by atoms with Gasteiger partial charge in [0.1, 0.15) is 0 Å². The predicted molar refractivity (Wildman–Crippen MR) is 115 cm³/mol. The molecule has 0 bridgehead atoms. The number of nitrogens with zero attached hydrogens (tertiary/aromatic N) is 3. The lowest BCUT2D eigenvalue weighted by Crippen LogP contribution is -2.44. The third kappa shape index (κ3) is 3.33. The second-order valence-corrected chi connectivity index (χ2v) is 8.14. The van der Waals surface area contributed by atoms with Gasteiger partial charge in [-0.05, 0) is 36.6 Å². The summed E-state index contributed by atoms with van der Waals surface area (Å²) in [5.41, 5.74) is 9.30. The van der Waals surface area contributed by atoms with Crippen molar-refractivity contribution >= 4 is 22.7 Å². The van der Waals surface area contributed by atoms with Gasteiger partial charge in [-0.1, -0.05) is 36.4 Å². The van der Waals surface area contributed by atoms with E-state index in [9.17, 15) is 9.59 Å². The van der Waals surface area contributed by atoms with Gasteiger partial charge in [-0.2, -0.15) is 0 Å². The zero-order chi connectivity index (χ0) is 20.7. The normalized spacial score (nSPS) is 17.5. The van der Waals surface area contributed by atoms with Crippen LogP contribution in [0.1, 0.15) is 44.8 Å². The molecule has 2 aromatic carbocycles. The van der Waals surface area contributed by atoms with E-state index in [0.29, 0.717) is 17.7 Å². The molecule has 5 rings (SSSR count). The molecule has 1 saturated heterocycles. The minimum absolute atomic E-state index is 0.0611. The number of hydrogen-bond donors (Lipinski definition) is 1. The zero-order valence-electron chi connectivity index (χ0n) is 16.8. The summed E-state index contributed by atoms with van der Waals surface area (Å²) in [6.45, 7) is 3.22. The van der Waals surface area contributed by atoms with Crippen LogP contribution in [0.25, 0.3) is 10.9 Å². The Hall–Kier alpha value is -3.25. The van der Waals surface area contributed by atoms with Crippen molar-refractivity contribution in [3.63, 3.8) is 0 Å². The molecule has 30 heavy (non-hydrogen) atoms. The molecule has 0 radical (unpaired) electrons. The van der Waals surface area contributed by atoms with Crippen molar-refractivity contribution < 1.29 is 9.59 Å². The van der Waals surface area contributed by atoms with Crippen molar-refractivity contribution in [2.45, 2.75) is 32.0 Å². The molecule has 2 N–H and O–H groups in total. The molecule has 1 fully saturated rings. The number of carbonyl (C=O) groups excluding carboxylic acids is 2. The van der Waals surface area contributed by atoms with Gasteiger partial charge in [-0.25, -0.2) is 0 Å². The number of pyridine rings is 1. The molecule has 0 saturated carbocycles. The lowest BCUT2D eigenvalue weighted by atomic mass is 10.0. The summed E-state index contributed by atoms with van der Waals surface area (Å²) in [5.74, 6) is -0.603. The Bertz CT molecular complexity index is 1140. The summed E-state index contributed by atoms with van der Waals surface area (Å²) < 4.78 is 0. The summed E-state index contributed by atoms with van der Waals surface area (Å²) in [6, 6.07) is 17.9. The summed E-state index contributed by atoms with van der Waals surface area (Å²) in [7, 11) is 0. The van der Waals surface area contributed by atoms with E-state index in [-0.39, 0.29) is 11.9 Å². The molecule has 1 aromatic heterocycles. The predicted octanol–water partition coefficient (Wildman–Crippen LogP) is 2.95. The Morgan fingerprint density at radius 2 is 1.83 bits per heavy atom. The molecule has 0 unspecified atom stereocenters. The van der Waals surface area contributed by atoms with Crippen LogP contribution in [0.3, 0.4) is 0 Å². The fraction of sp³-hybridized carbons (Fsp3) is 0.292. The van der Waals surface area contributed by atoms with Crippen LogP contribution in [0.2, 0.25) is 0 Å². The number of benzene rings is 2. The summed E-state index contributed by atoms with van der Waals surface area (Å²) in [5, 5.41) is 1.16. The first kappa shape index (κ1) is 18.8. The van der Waals surface area contributed by atoms with Crippen LogP contribution in [0, 0.1) is 0 Å². The molecule has 0 aliphatic carbocycles. The fourth-order valence-electron chi connectivity index (χ4n) is 4.70. The molecule has 0 spiro atoms. The number of carbonyl (C=O) groups is 2. The minimum Gasteiger partial charge on any atom is -0.366 e. The smallest absolute Gasteiger partial charge is 0.255 e. The van der Waals surface area contributed by atoms with Crippen molar-refractivity contribution in [1.82, 2.24) is 14.8 Å². The molecular weight excluding hydrogens is 376 g/mol. The maximum absolute atomic E-state index is 13.0. The number of hydrogen-bond acceptors (Lipinski definition) is 4. The quantitative estimate of drug-likeness (QED) is 0.730. The molecule has 2 aliphatic rings. The van der Waals surface area contributed by atoms with Crippen molar-refractivity contribution in [3.05, 3.63) is 77.0 Å². The first-order valence-electron chi connectivity index (χ1n) is 10.4. The number of fused-ring (bicyclic) bond motifs is 2. The Kier molecular flexibility index (Phi) is 4.71. The highest BCUT2D eigenvalue weighted by Gasteiger charge is 2.36. The monoisotopic (exact) mass is 400 g/mol. The lowest BCUT2D eigenvalue weighted by Gasteiger charge is -2.36. The highest BCUT2D eigenvalue weighted by Crippen LogP contribution is 2.31. The molecule has 2 aliphatic heterocycles. The Morgan fingerprint density at radius 1 is 1.03 bits per heavy atom. The van der Waals surface area contributed by atoms with Gasteiger partial charge in [0.25, 0.3) is 5.91 Å². The maximum Gasteiger partial charge on any atom is 0.255 e. The molecule has 3 aromatic rings. The number of para-hydroxylation sites is 1. The zero-order valence-corrected chi connectivity index (χ0v) is 16.8. The number of amides is 2. The van der Waals surface area contributed by atoms with Gasteiger partial charge in [-0.15, -0.1) is 0 Å². The van der Waals surface area contributed by atoms with E-state index in [0.717, 1.165) is 54.6 Å². The SMILES string of the molecule is NC(=O)c1cccc2c1C(=O)N(C1CCN(Cc3ccc4ccccc4n3)CC1)C2.